The molecule has 2 aromatic heterocycles. The summed E-state index contributed by atoms with van der Waals surface area (Å²) in [5, 5.41) is 30.4. The molecule has 0 saturated carbocycles. The van der Waals surface area contributed by atoms with Crippen LogP contribution in [0.4, 0.5) is 24.8 Å². The number of alkyl halides is 3. The summed E-state index contributed by atoms with van der Waals surface area (Å²) in [5.41, 5.74) is 1.76. The molecule has 1 amide bonds. The number of rotatable bonds is 9. The van der Waals surface area contributed by atoms with Crippen LogP contribution in [0, 0.1) is 11.3 Å². The van der Waals surface area contributed by atoms with Gasteiger partial charge in [-0.25, -0.2) is 4.98 Å². The van der Waals surface area contributed by atoms with Crippen molar-refractivity contribution in [3.63, 3.8) is 0 Å². The molecule has 11 nitrogen and oxygen atoms in total. The number of hydrogen-bond acceptors (Lipinski definition) is 9. The number of fused-ring (bicyclic) bond motifs is 2. The maximum Gasteiger partial charge on any atom is 0.416 e. The first kappa shape index (κ1) is 31.6. The molecule has 0 spiro atoms. The Morgan fingerprint density at radius 2 is 1.96 bits per heavy atom. The van der Waals surface area contributed by atoms with Gasteiger partial charge in [0, 0.05) is 50.6 Å². The Kier molecular flexibility index (Phi) is 8.04. The molecule has 2 N–H and O–H groups in total. The molecule has 0 radical (unpaired) electrons. The fourth-order valence-corrected chi connectivity index (χ4v) is 6.78. The van der Waals surface area contributed by atoms with E-state index in [0.29, 0.717) is 57.1 Å². The highest BCUT2D eigenvalue weighted by Crippen LogP contribution is 2.42. The zero-order chi connectivity index (χ0) is 33.6. The zero-order valence-corrected chi connectivity index (χ0v) is 26.2. The number of benzene rings is 2. The average Bonchev–Trinajstić information content (AvgIpc) is 3.59. The normalized spacial score (nSPS) is 17.1. The number of anilines is 2. The number of aryl methyl sites for hydroxylation is 1. The Morgan fingerprint density at radius 1 is 1.12 bits per heavy atom. The van der Waals surface area contributed by atoms with E-state index in [0.717, 1.165) is 28.6 Å². The predicted molar refractivity (Wildman–Crippen MR) is 168 cm³/mol. The highest BCUT2D eigenvalue weighted by atomic mass is 19.4. The fraction of sp³-hybridized carbons (Fsp3) is 0.382. The summed E-state index contributed by atoms with van der Waals surface area (Å²) in [7, 11) is 1.84. The third-order valence-electron chi connectivity index (χ3n) is 9.40. The molecule has 5 heterocycles. The highest BCUT2D eigenvalue weighted by Gasteiger charge is 2.44. The number of nitriles is 1. The zero-order valence-electron chi connectivity index (χ0n) is 26.2. The third-order valence-corrected chi connectivity index (χ3v) is 9.40. The van der Waals surface area contributed by atoms with E-state index in [9.17, 15) is 23.1 Å². The molecule has 48 heavy (non-hydrogen) atoms. The second-order valence-corrected chi connectivity index (χ2v) is 12.7. The lowest BCUT2D eigenvalue weighted by molar-refractivity contribution is -0.138. The molecule has 3 aliphatic rings. The van der Waals surface area contributed by atoms with Crippen LogP contribution in [0.3, 0.4) is 0 Å². The van der Waals surface area contributed by atoms with Gasteiger partial charge in [0.25, 0.3) is 5.91 Å². The first-order valence-corrected chi connectivity index (χ1v) is 15.6. The molecule has 1 saturated heterocycles. The molecule has 0 aliphatic carbocycles. The number of amides is 1. The number of nitrogens with one attached hydrogen (secondary N) is 1. The van der Waals surface area contributed by atoms with Crippen molar-refractivity contribution < 1.29 is 27.8 Å². The lowest BCUT2D eigenvalue weighted by Gasteiger charge is -2.42. The Morgan fingerprint density at radius 3 is 2.67 bits per heavy atom. The van der Waals surface area contributed by atoms with E-state index in [1.54, 1.807) is 30.6 Å². The first-order valence-electron chi connectivity index (χ1n) is 15.6. The first-order chi connectivity index (χ1) is 23.0. The third kappa shape index (κ3) is 5.95. The van der Waals surface area contributed by atoms with Gasteiger partial charge in [0.2, 0.25) is 0 Å². The number of halogens is 3. The Labute approximate surface area is 274 Å². The number of pyridine rings is 1. The van der Waals surface area contributed by atoms with Crippen LogP contribution in [0.2, 0.25) is 0 Å². The molecule has 1 fully saturated rings. The van der Waals surface area contributed by atoms with Crippen LogP contribution >= 0.6 is 0 Å². The minimum Gasteiger partial charge on any atom is -0.508 e. The summed E-state index contributed by atoms with van der Waals surface area (Å²) >= 11 is 0. The molecular weight excluding hydrogens is 625 g/mol. The van der Waals surface area contributed by atoms with E-state index in [2.05, 4.69) is 26.6 Å². The summed E-state index contributed by atoms with van der Waals surface area (Å²) in [6.07, 6.45) is -1.67. The quantitative estimate of drug-likeness (QED) is 0.250. The minimum atomic E-state index is -4.68. The summed E-state index contributed by atoms with van der Waals surface area (Å²) in [6, 6.07) is 13.6. The second-order valence-electron chi connectivity index (χ2n) is 12.7. The van der Waals surface area contributed by atoms with Crippen LogP contribution in [-0.4, -0.2) is 62.0 Å². The smallest absolute Gasteiger partial charge is 0.416 e. The van der Waals surface area contributed by atoms with Gasteiger partial charge < -0.3 is 19.7 Å². The van der Waals surface area contributed by atoms with Gasteiger partial charge in [-0.2, -0.15) is 18.4 Å². The number of phenols is 1. The van der Waals surface area contributed by atoms with Crippen molar-refractivity contribution >= 4 is 17.5 Å². The van der Waals surface area contributed by atoms with Crippen LogP contribution in [-0.2, 0) is 55.9 Å². The van der Waals surface area contributed by atoms with Gasteiger partial charge in [-0.3, -0.25) is 14.6 Å². The number of hydrogen-bond donors (Lipinski definition) is 2. The molecule has 4 aromatic rings. The number of aromatic hydroxyl groups is 1. The van der Waals surface area contributed by atoms with Crippen molar-refractivity contribution in [3.8, 4) is 11.8 Å². The summed E-state index contributed by atoms with van der Waals surface area (Å²) in [6.45, 7) is 2.07. The minimum absolute atomic E-state index is 0.00171. The van der Waals surface area contributed by atoms with Gasteiger partial charge in [-0.15, -0.1) is 10.2 Å². The Bertz CT molecular complexity index is 1930. The van der Waals surface area contributed by atoms with Crippen molar-refractivity contribution in [3.05, 3.63) is 93.6 Å². The largest absolute Gasteiger partial charge is 0.508 e. The number of aromatic nitrogens is 4. The van der Waals surface area contributed by atoms with Crippen LogP contribution < -0.4 is 10.2 Å². The average molecular weight is 659 g/mol. The Balaban J connectivity index is 1.22. The van der Waals surface area contributed by atoms with Gasteiger partial charge in [-0.05, 0) is 70.6 Å². The second kappa shape index (κ2) is 12.2. The van der Waals surface area contributed by atoms with Gasteiger partial charge in [0.15, 0.2) is 0 Å². The summed E-state index contributed by atoms with van der Waals surface area (Å²) < 4.78 is 51.2. The van der Waals surface area contributed by atoms with Gasteiger partial charge in [-0.1, -0.05) is 6.07 Å². The molecule has 3 aliphatic heterocycles. The van der Waals surface area contributed by atoms with Crippen LogP contribution in [0.5, 0.6) is 5.75 Å². The van der Waals surface area contributed by atoms with Crippen LogP contribution in [0.1, 0.15) is 56.0 Å². The standard InChI is InChI=1S/C34H33F3N8O3/c1-43-20-40-42-31(43)14-33(18-48-19-33)24-12-29(39-7-2-6-38)41-30(13-24)45-17-27-26(32(45)47)9-21(10-28(27)34(35,36)37)15-44-8-5-22-3-4-25(46)11-23(22)16-44/h3-4,9-13,20,46H,2,5,7-8,14-19H2,1H3,(H,39,41). The Hall–Kier alpha value is -5.00. The van der Waals surface area contributed by atoms with E-state index in [1.165, 1.54) is 4.90 Å². The van der Waals surface area contributed by atoms with Crippen molar-refractivity contribution in [1.29, 1.82) is 5.26 Å². The van der Waals surface area contributed by atoms with E-state index in [1.807, 2.05) is 28.6 Å². The van der Waals surface area contributed by atoms with Crippen LogP contribution in [0.25, 0.3) is 0 Å². The van der Waals surface area contributed by atoms with Crippen LogP contribution in [0.15, 0.2) is 48.8 Å². The molecule has 14 heteroatoms. The maximum atomic E-state index is 14.6. The molecule has 7 rings (SSSR count). The van der Waals surface area contributed by atoms with Crippen molar-refractivity contribution in [1.82, 2.24) is 24.6 Å². The van der Waals surface area contributed by atoms with E-state index in [4.69, 9.17) is 10.00 Å². The lowest BCUT2D eigenvalue weighted by atomic mass is 9.75. The van der Waals surface area contributed by atoms with Gasteiger partial charge in [0.05, 0.1) is 37.8 Å². The number of ether oxygens (including phenoxy) is 1. The molecular formula is C34H33F3N8O3. The molecule has 0 atom stereocenters. The van der Waals surface area contributed by atoms with Gasteiger partial charge >= 0.3 is 6.18 Å². The molecule has 248 valence electrons. The monoisotopic (exact) mass is 658 g/mol. The fourth-order valence-electron chi connectivity index (χ4n) is 6.78. The number of carbonyl (C=O) groups is 1. The van der Waals surface area contributed by atoms with Gasteiger partial charge in [0.1, 0.15) is 29.5 Å². The van der Waals surface area contributed by atoms with E-state index >= 15 is 0 Å². The predicted octanol–water partition coefficient (Wildman–Crippen LogP) is 4.49. The highest BCUT2D eigenvalue weighted by molar-refractivity contribution is 6.10. The van der Waals surface area contributed by atoms with Crippen molar-refractivity contribution in [2.75, 3.05) is 36.5 Å². The lowest BCUT2D eigenvalue weighted by Crippen LogP contribution is -2.49. The van der Waals surface area contributed by atoms with E-state index in [-0.39, 0.29) is 42.2 Å². The molecule has 2 aromatic carbocycles. The number of nitrogens with zero attached hydrogens (tertiary/aromatic N) is 7. The van der Waals surface area contributed by atoms with Crippen molar-refractivity contribution in [2.24, 2.45) is 7.05 Å². The number of phenolic OH excluding ortho intramolecular Hbond substituents is 1. The summed E-state index contributed by atoms with van der Waals surface area (Å²) in [5.74, 6) is 0.921. The summed E-state index contributed by atoms with van der Waals surface area (Å²) in [4.78, 5) is 22.0. The molecule has 0 unspecified atom stereocenters. The number of carbonyl (C=O) groups excluding carboxylic acids is 1. The maximum absolute atomic E-state index is 14.6. The SMILES string of the molecule is Cn1cnnc1CC1(c2cc(NCCC#N)nc(N3Cc4c(cc(CN5CCc6ccc(O)cc6C5)cc4C(F)(F)F)C3=O)c2)COC1. The van der Waals surface area contributed by atoms with E-state index < -0.39 is 23.1 Å². The van der Waals surface area contributed by atoms with Crippen molar-refractivity contribution in [2.45, 2.75) is 50.5 Å². The topological polar surface area (TPSA) is 132 Å². The molecule has 0 bridgehead atoms.